The fraction of sp³-hybridized carbons (Fsp3) is 0.750. The summed E-state index contributed by atoms with van der Waals surface area (Å²) in [6, 6.07) is 0. The number of carbonyl (C=O) groups is 1. The normalized spacial score (nSPS) is 14.4. The monoisotopic (exact) mass is 151 g/mol. The van der Waals surface area contributed by atoms with E-state index in [1.54, 1.807) is 0 Å². The Morgan fingerprint density at radius 3 is 2.11 bits per heavy atom. The van der Waals surface area contributed by atoms with E-state index in [0.717, 1.165) is 6.26 Å². The lowest BCUT2D eigenvalue weighted by Gasteiger charge is -2.05. The Hall–Kier alpha value is -0.580. The molecular weight excluding hydrogens is 142 g/mol. The average Bonchev–Trinajstić information content (AvgIpc) is 1.64. The lowest BCUT2D eigenvalue weighted by molar-refractivity contribution is -0.109. The summed E-state index contributed by atoms with van der Waals surface area (Å²) in [6.45, 7) is 1.41. The van der Waals surface area contributed by atoms with Gasteiger partial charge in [0, 0.05) is 6.26 Å². The van der Waals surface area contributed by atoms with Crippen molar-refractivity contribution in [2.75, 3.05) is 6.26 Å². The van der Waals surface area contributed by atoms with Crippen LogP contribution in [-0.2, 0) is 14.6 Å². The maximum Gasteiger partial charge on any atom is 0.208 e. The number of nitrogens with one attached hydrogen (secondary N) is 1. The van der Waals surface area contributed by atoms with Crippen LogP contribution in [0.3, 0.4) is 0 Å². The zero-order valence-electron chi connectivity index (χ0n) is 5.29. The maximum absolute atomic E-state index is 10.5. The number of hydrogen-bond donors (Lipinski definition) is 1. The number of carbonyl (C=O) groups excluding carboxylic acids is 1. The molecule has 0 radical (unpaired) electrons. The predicted molar refractivity (Wildman–Crippen MR) is 33.5 cm³/mol. The molecule has 1 unspecified atom stereocenters. The molecule has 0 fully saturated rings. The SMILES string of the molecule is CC(NC=O)S(C)(=O)=O. The van der Waals surface area contributed by atoms with Crippen molar-refractivity contribution in [3.05, 3.63) is 0 Å². The topological polar surface area (TPSA) is 63.2 Å². The third-order valence-electron chi connectivity index (χ3n) is 0.945. The summed E-state index contributed by atoms with van der Waals surface area (Å²) in [5, 5.41) is 1.33. The van der Waals surface area contributed by atoms with Crippen LogP contribution < -0.4 is 5.32 Å². The molecule has 0 spiro atoms. The predicted octanol–water partition coefficient (Wildman–Crippen LogP) is -0.877. The molecule has 0 saturated carbocycles. The molecule has 0 saturated heterocycles. The van der Waals surface area contributed by atoms with Crippen LogP contribution in [-0.4, -0.2) is 26.5 Å². The smallest absolute Gasteiger partial charge is 0.208 e. The third-order valence-corrected chi connectivity index (χ3v) is 2.37. The van der Waals surface area contributed by atoms with E-state index in [2.05, 4.69) is 5.32 Å². The van der Waals surface area contributed by atoms with Gasteiger partial charge in [-0.25, -0.2) is 8.42 Å². The van der Waals surface area contributed by atoms with Gasteiger partial charge < -0.3 is 5.32 Å². The number of rotatable bonds is 3. The second-order valence-electron chi connectivity index (χ2n) is 1.76. The summed E-state index contributed by atoms with van der Waals surface area (Å²) in [7, 11) is -3.11. The van der Waals surface area contributed by atoms with Gasteiger partial charge in [0.15, 0.2) is 9.84 Å². The van der Waals surface area contributed by atoms with E-state index in [0.29, 0.717) is 6.41 Å². The van der Waals surface area contributed by atoms with Gasteiger partial charge in [0.2, 0.25) is 6.41 Å². The Labute approximate surface area is 54.2 Å². The first-order chi connectivity index (χ1) is 3.98. The Balaban J connectivity index is 4.05. The Morgan fingerprint density at radius 1 is 1.56 bits per heavy atom. The quantitative estimate of drug-likeness (QED) is 0.533. The van der Waals surface area contributed by atoms with Crippen molar-refractivity contribution in [2.45, 2.75) is 12.3 Å². The summed E-state index contributed by atoms with van der Waals surface area (Å²) >= 11 is 0. The molecule has 0 aromatic heterocycles. The van der Waals surface area contributed by atoms with Crippen LogP contribution in [0.1, 0.15) is 6.92 Å². The van der Waals surface area contributed by atoms with E-state index >= 15 is 0 Å². The van der Waals surface area contributed by atoms with E-state index in [1.165, 1.54) is 6.92 Å². The summed E-state index contributed by atoms with van der Waals surface area (Å²) in [6.07, 6.45) is 1.43. The molecule has 0 rings (SSSR count). The van der Waals surface area contributed by atoms with Crippen LogP contribution >= 0.6 is 0 Å². The lowest BCUT2D eigenvalue weighted by atomic mass is 10.8. The number of sulfone groups is 1. The molecule has 0 aliphatic rings. The van der Waals surface area contributed by atoms with Crippen LogP contribution in [0.4, 0.5) is 0 Å². The molecule has 54 valence electrons. The van der Waals surface area contributed by atoms with Crippen molar-refractivity contribution in [3.63, 3.8) is 0 Å². The molecule has 1 amide bonds. The standard InChI is InChI=1S/C4H9NO3S/c1-4(5-3-6)9(2,7)8/h3-4H,1-2H3,(H,5,6). The minimum atomic E-state index is -3.11. The van der Waals surface area contributed by atoms with E-state index in [9.17, 15) is 13.2 Å². The van der Waals surface area contributed by atoms with Crippen LogP contribution in [0.5, 0.6) is 0 Å². The Kier molecular flexibility index (Phi) is 2.64. The van der Waals surface area contributed by atoms with Gasteiger partial charge in [0.25, 0.3) is 0 Å². The summed E-state index contributed by atoms with van der Waals surface area (Å²) in [5.74, 6) is 0. The summed E-state index contributed by atoms with van der Waals surface area (Å²) in [5.41, 5.74) is 0. The molecule has 1 atom stereocenters. The molecule has 1 N–H and O–H groups in total. The first-order valence-electron chi connectivity index (χ1n) is 2.37. The van der Waals surface area contributed by atoms with Gasteiger partial charge in [-0.1, -0.05) is 0 Å². The van der Waals surface area contributed by atoms with Gasteiger partial charge in [0.05, 0.1) is 0 Å². The largest absolute Gasteiger partial charge is 0.342 e. The molecule has 0 heterocycles. The molecule has 9 heavy (non-hydrogen) atoms. The lowest BCUT2D eigenvalue weighted by Crippen LogP contribution is -2.31. The van der Waals surface area contributed by atoms with Crippen LogP contribution in [0.2, 0.25) is 0 Å². The van der Waals surface area contributed by atoms with Crippen molar-refractivity contribution in [1.29, 1.82) is 0 Å². The van der Waals surface area contributed by atoms with E-state index in [1.807, 2.05) is 0 Å². The van der Waals surface area contributed by atoms with Crippen molar-refractivity contribution in [3.8, 4) is 0 Å². The molecule has 0 aliphatic carbocycles. The van der Waals surface area contributed by atoms with Gasteiger partial charge in [0.1, 0.15) is 5.37 Å². The molecular formula is C4H9NO3S. The van der Waals surface area contributed by atoms with Gasteiger partial charge in [-0.15, -0.1) is 0 Å². The van der Waals surface area contributed by atoms with Crippen molar-refractivity contribution < 1.29 is 13.2 Å². The van der Waals surface area contributed by atoms with Gasteiger partial charge in [-0.2, -0.15) is 0 Å². The van der Waals surface area contributed by atoms with E-state index in [4.69, 9.17) is 0 Å². The Morgan fingerprint density at radius 2 is 2.00 bits per heavy atom. The van der Waals surface area contributed by atoms with Crippen LogP contribution in [0, 0.1) is 0 Å². The fourth-order valence-corrected chi connectivity index (χ4v) is 0.522. The third kappa shape index (κ3) is 3.07. The first kappa shape index (κ1) is 8.42. The summed E-state index contributed by atoms with van der Waals surface area (Å²) in [4.78, 5) is 9.69. The molecule has 0 aromatic rings. The number of hydrogen-bond acceptors (Lipinski definition) is 3. The molecule has 0 bridgehead atoms. The zero-order valence-corrected chi connectivity index (χ0v) is 6.10. The van der Waals surface area contributed by atoms with Gasteiger partial charge >= 0.3 is 0 Å². The van der Waals surface area contributed by atoms with Crippen LogP contribution in [0.25, 0.3) is 0 Å². The van der Waals surface area contributed by atoms with Crippen molar-refractivity contribution in [2.24, 2.45) is 0 Å². The van der Waals surface area contributed by atoms with Crippen molar-refractivity contribution >= 4 is 16.2 Å². The van der Waals surface area contributed by atoms with E-state index in [-0.39, 0.29) is 0 Å². The molecule has 4 nitrogen and oxygen atoms in total. The highest BCUT2D eigenvalue weighted by Gasteiger charge is 2.11. The second kappa shape index (κ2) is 2.82. The molecule has 5 heteroatoms. The average molecular weight is 151 g/mol. The minimum absolute atomic E-state index is 0.367. The Bertz CT molecular complexity index is 184. The zero-order chi connectivity index (χ0) is 7.49. The molecule has 0 aliphatic heterocycles. The second-order valence-corrected chi connectivity index (χ2v) is 4.12. The maximum atomic E-state index is 10.5. The minimum Gasteiger partial charge on any atom is -0.342 e. The van der Waals surface area contributed by atoms with Crippen LogP contribution in [0.15, 0.2) is 0 Å². The highest BCUT2D eigenvalue weighted by Crippen LogP contribution is 1.89. The number of amides is 1. The fourth-order valence-electron chi connectivity index (χ4n) is 0.219. The van der Waals surface area contributed by atoms with Gasteiger partial charge in [-0.05, 0) is 6.92 Å². The molecule has 0 aromatic carbocycles. The highest BCUT2D eigenvalue weighted by molar-refractivity contribution is 7.91. The van der Waals surface area contributed by atoms with Crippen molar-refractivity contribution in [1.82, 2.24) is 5.32 Å². The van der Waals surface area contributed by atoms with E-state index < -0.39 is 15.2 Å². The summed E-state index contributed by atoms with van der Waals surface area (Å²) < 4.78 is 21.0. The first-order valence-corrected chi connectivity index (χ1v) is 4.32. The highest BCUT2D eigenvalue weighted by atomic mass is 32.2. The van der Waals surface area contributed by atoms with Gasteiger partial charge in [-0.3, -0.25) is 4.79 Å².